The molecule has 0 bridgehead atoms. The second-order valence-electron chi connectivity index (χ2n) is 4.57. The van der Waals surface area contributed by atoms with E-state index in [0.717, 1.165) is 17.9 Å². The average molecular weight is 227 g/mol. The Labute approximate surface area is 97.3 Å². The third-order valence-corrected chi connectivity index (χ3v) is 3.36. The van der Waals surface area contributed by atoms with Gasteiger partial charge in [-0.25, -0.2) is 0 Å². The second kappa shape index (κ2) is 4.95. The third-order valence-electron chi connectivity index (χ3n) is 2.71. The molecule has 0 aliphatic rings. The molecule has 0 saturated carbocycles. The summed E-state index contributed by atoms with van der Waals surface area (Å²) in [5.41, 5.74) is 2.16. The highest BCUT2D eigenvalue weighted by Gasteiger charge is 2.22. The van der Waals surface area contributed by atoms with Crippen molar-refractivity contribution in [1.29, 1.82) is 0 Å². The molecule has 0 radical (unpaired) electrons. The standard InChI is InChI=1S/C12H19ClN2/c1-10-6-5-7-11(14-10)8-15(4)12(2,3)9-13/h5-7H,8-9H2,1-4H3. The number of pyridine rings is 1. The number of aromatic nitrogens is 1. The van der Waals surface area contributed by atoms with E-state index in [2.05, 4.69) is 30.8 Å². The molecule has 0 unspecified atom stereocenters. The molecule has 2 nitrogen and oxygen atoms in total. The van der Waals surface area contributed by atoms with Crippen molar-refractivity contribution in [3.63, 3.8) is 0 Å². The first-order valence-corrected chi connectivity index (χ1v) is 5.69. The Morgan fingerprint density at radius 1 is 1.40 bits per heavy atom. The van der Waals surface area contributed by atoms with E-state index in [0.29, 0.717) is 5.88 Å². The predicted molar refractivity (Wildman–Crippen MR) is 65.2 cm³/mol. The molecule has 0 amide bonds. The lowest BCUT2D eigenvalue weighted by Crippen LogP contribution is -2.42. The van der Waals surface area contributed by atoms with E-state index in [-0.39, 0.29) is 5.54 Å². The lowest BCUT2D eigenvalue weighted by atomic mass is 10.1. The Morgan fingerprint density at radius 3 is 2.60 bits per heavy atom. The van der Waals surface area contributed by atoms with Crippen molar-refractivity contribution in [2.75, 3.05) is 12.9 Å². The van der Waals surface area contributed by atoms with E-state index in [1.165, 1.54) is 0 Å². The maximum absolute atomic E-state index is 5.92. The lowest BCUT2D eigenvalue weighted by Gasteiger charge is -2.33. The van der Waals surface area contributed by atoms with Crippen LogP contribution in [0.5, 0.6) is 0 Å². The van der Waals surface area contributed by atoms with Gasteiger partial charge in [0, 0.05) is 23.7 Å². The molecule has 0 atom stereocenters. The fourth-order valence-corrected chi connectivity index (χ4v) is 1.45. The van der Waals surface area contributed by atoms with E-state index in [4.69, 9.17) is 11.6 Å². The van der Waals surface area contributed by atoms with Crippen LogP contribution in [-0.2, 0) is 6.54 Å². The minimum atomic E-state index is 0.00693. The molecule has 0 N–H and O–H groups in total. The number of aryl methyl sites for hydroxylation is 1. The van der Waals surface area contributed by atoms with Crippen molar-refractivity contribution in [3.05, 3.63) is 29.6 Å². The molecule has 15 heavy (non-hydrogen) atoms. The quantitative estimate of drug-likeness (QED) is 0.734. The Balaban J connectivity index is 2.70. The Hall–Kier alpha value is -0.600. The zero-order chi connectivity index (χ0) is 11.5. The normalized spacial score (nSPS) is 12.1. The molecule has 0 aliphatic heterocycles. The summed E-state index contributed by atoms with van der Waals surface area (Å²) in [5, 5.41) is 0. The van der Waals surface area contributed by atoms with Crippen LogP contribution in [0, 0.1) is 6.92 Å². The summed E-state index contributed by atoms with van der Waals surface area (Å²) < 4.78 is 0. The van der Waals surface area contributed by atoms with Gasteiger partial charge < -0.3 is 0 Å². The molecule has 1 aromatic heterocycles. The van der Waals surface area contributed by atoms with Crippen LogP contribution in [0.1, 0.15) is 25.2 Å². The van der Waals surface area contributed by atoms with Crippen LogP contribution >= 0.6 is 11.6 Å². The number of nitrogens with zero attached hydrogens (tertiary/aromatic N) is 2. The molecule has 84 valence electrons. The lowest BCUT2D eigenvalue weighted by molar-refractivity contribution is 0.168. The molecule has 1 rings (SSSR count). The summed E-state index contributed by atoms with van der Waals surface area (Å²) in [6, 6.07) is 6.10. The van der Waals surface area contributed by atoms with Gasteiger partial charge in [-0.15, -0.1) is 11.6 Å². The van der Waals surface area contributed by atoms with Crippen molar-refractivity contribution in [3.8, 4) is 0 Å². The van der Waals surface area contributed by atoms with Crippen LogP contribution in [0.25, 0.3) is 0 Å². The van der Waals surface area contributed by atoms with Crippen LogP contribution in [-0.4, -0.2) is 28.4 Å². The van der Waals surface area contributed by atoms with Crippen molar-refractivity contribution < 1.29 is 0 Å². The third kappa shape index (κ3) is 3.47. The minimum absolute atomic E-state index is 0.00693. The molecule has 0 saturated heterocycles. The van der Waals surface area contributed by atoms with Crippen molar-refractivity contribution >= 4 is 11.6 Å². The molecule has 1 heterocycles. The summed E-state index contributed by atoms with van der Waals surface area (Å²) in [5.74, 6) is 0.620. The molecule has 0 spiro atoms. The van der Waals surface area contributed by atoms with Crippen LogP contribution in [0.3, 0.4) is 0 Å². The first-order chi connectivity index (χ1) is 6.95. The van der Waals surface area contributed by atoms with Gasteiger partial charge in [-0.2, -0.15) is 0 Å². The average Bonchev–Trinajstić information content (AvgIpc) is 2.17. The van der Waals surface area contributed by atoms with Gasteiger partial charge >= 0.3 is 0 Å². The molecule has 3 heteroatoms. The molecule has 0 aromatic carbocycles. The number of rotatable bonds is 4. The Morgan fingerprint density at radius 2 is 2.07 bits per heavy atom. The van der Waals surface area contributed by atoms with Crippen LogP contribution < -0.4 is 0 Å². The van der Waals surface area contributed by atoms with E-state index in [1.807, 2.05) is 25.1 Å². The summed E-state index contributed by atoms with van der Waals surface area (Å²) in [6.07, 6.45) is 0. The minimum Gasteiger partial charge on any atom is -0.294 e. The highest BCUT2D eigenvalue weighted by Crippen LogP contribution is 2.16. The number of hydrogen-bond donors (Lipinski definition) is 0. The monoisotopic (exact) mass is 226 g/mol. The summed E-state index contributed by atoms with van der Waals surface area (Å²) in [6.45, 7) is 7.11. The maximum Gasteiger partial charge on any atom is 0.0547 e. The fourth-order valence-electron chi connectivity index (χ4n) is 1.25. The number of halogens is 1. The first-order valence-electron chi connectivity index (χ1n) is 5.15. The van der Waals surface area contributed by atoms with Crippen molar-refractivity contribution in [1.82, 2.24) is 9.88 Å². The van der Waals surface area contributed by atoms with Crippen LogP contribution in [0.4, 0.5) is 0 Å². The van der Waals surface area contributed by atoms with E-state index < -0.39 is 0 Å². The van der Waals surface area contributed by atoms with Crippen LogP contribution in [0.15, 0.2) is 18.2 Å². The zero-order valence-electron chi connectivity index (χ0n) is 9.92. The van der Waals surface area contributed by atoms with Crippen molar-refractivity contribution in [2.45, 2.75) is 32.9 Å². The number of hydrogen-bond acceptors (Lipinski definition) is 2. The van der Waals surface area contributed by atoms with Gasteiger partial charge in [0.25, 0.3) is 0 Å². The van der Waals surface area contributed by atoms with E-state index in [1.54, 1.807) is 0 Å². The topological polar surface area (TPSA) is 16.1 Å². The zero-order valence-corrected chi connectivity index (χ0v) is 10.7. The molecule has 0 fully saturated rings. The summed E-state index contributed by atoms with van der Waals surface area (Å²) in [7, 11) is 2.08. The van der Waals surface area contributed by atoms with E-state index in [9.17, 15) is 0 Å². The highest BCUT2D eigenvalue weighted by molar-refractivity contribution is 6.18. The van der Waals surface area contributed by atoms with E-state index >= 15 is 0 Å². The molecular weight excluding hydrogens is 208 g/mol. The largest absolute Gasteiger partial charge is 0.294 e. The number of alkyl halides is 1. The summed E-state index contributed by atoms with van der Waals surface area (Å²) >= 11 is 5.92. The van der Waals surface area contributed by atoms with Gasteiger partial charge in [-0.1, -0.05) is 6.07 Å². The van der Waals surface area contributed by atoms with Crippen LogP contribution in [0.2, 0.25) is 0 Å². The Bertz CT molecular complexity index is 323. The first kappa shape index (κ1) is 12.5. The Kier molecular flexibility index (Phi) is 4.12. The van der Waals surface area contributed by atoms with Gasteiger partial charge in [-0.3, -0.25) is 9.88 Å². The van der Waals surface area contributed by atoms with Gasteiger partial charge in [0.2, 0.25) is 0 Å². The van der Waals surface area contributed by atoms with Crippen molar-refractivity contribution in [2.24, 2.45) is 0 Å². The maximum atomic E-state index is 5.92. The van der Waals surface area contributed by atoms with Gasteiger partial charge in [0.05, 0.1) is 5.69 Å². The molecular formula is C12H19ClN2. The summed E-state index contributed by atoms with van der Waals surface area (Å²) in [4.78, 5) is 6.70. The fraction of sp³-hybridized carbons (Fsp3) is 0.583. The highest BCUT2D eigenvalue weighted by atomic mass is 35.5. The van der Waals surface area contributed by atoms with Gasteiger partial charge in [-0.05, 0) is 40.0 Å². The SMILES string of the molecule is Cc1cccc(CN(C)C(C)(C)CCl)n1. The van der Waals surface area contributed by atoms with Gasteiger partial charge in [0.1, 0.15) is 0 Å². The predicted octanol–water partition coefficient (Wildman–Crippen LogP) is 2.84. The smallest absolute Gasteiger partial charge is 0.0547 e. The van der Waals surface area contributed by atoms with Gasteiger partial charge in [0.15, 0.2) is 0 Å². The molecule has 0 aliphatic carbocycles. The second-order valence-corrected chi connectivity index (χ2v) is 4.84. The molecule has 1 aromatic rings.